The molecule has 1 aliphatic heterocycles. The number of hydrogen-bond donors (Lipinski definition) is 1. The van der Waals surface area contributed by atoms with Gasteiger partial charge < -0.3 is 10.6 Å². The largest absolute Gasteiger partial charge is 0.399 e. The highest BCUT2D eigenvalue weighted by molar-refractivity contribution is 6.31. The van der Waals surface area contributed by atoms with Gasteiger partial charge in [0, 0.05) is 28.9 Å². The molecule has 2 rings (SSSR count). The zero-order valence-corrected chi connectivity index (χ0v) is 10.7. The Bertz CT molecular complexity index is 413. The highest BCUT2D eigenvalue weighted by atomic mass is 35.5. The minimum atomic E-state index is 0.0450. The van der Waals surface area contributed by atoms with Crippen LogP contribution >= 0.6 is 11.6 Å². The van der Waals surface area contributed by atoms with Crippen molar-refractivity contribution in [1.82, 2.24) is 4.90 Å². The number of anilines is 1. The van der Waals surface area contributed by atoms with Crippen LogP contribution in [0.2, 0.25) is 5.02 Å². The number of amides is 1. The molecule has 0 aliphatic carbocycles. The molecular weight excluding hydrogens is 236 g/mol. The van der Waals surface area contributed by atoms with E-state index in [1.54, 1.807) is 18.2 Å². The first-order valence-corrected chi connectivity index (χ1v) is 6.36. The zero-order chi connectivity index (χ0) is 12.4. The van der Waals surface area contributed by atoms with E-state index in [0.717, 1.165) is 25.8 Å². The molecule has 2 N–H and O–H groups in total. The lowest BCUT2D eigenvalue weighted by atomic mass is 10.1. The van der Waals surface area contributed by atoms with Crippen LogP contribution in [0.15, 0.2) is 18.2 Å². The van der Waals surface area contributed by atoms with Crippen LogP contribution in [0.25, 0.3) is 0 Å². The summed E-state index contributed by atoms with van der Waals surface area (Å²) >= 11 is 5.92. The smallest absolute Gasteiger partial charge is 0.254 e. The molecule has 1 saturated heterocycles. The number of nitrogens with two attached hydrogens (primary N) is 1. The maximum atomic E-state index is 12.3. The molecule has 1 atom stereocenters. The van der Waals surface area contributed by atoms with Crippen molar-refractivity contribution in [3.05, 3.63) is 28.8 Å². The van der Waals surface area contributed by atoms with Gasteiger partial charge in [0.25, 0.3) is 5.91 Å². The Morgan fingerprint density at radius 1 is 1.53 bits per heavy atom. The fraction of sp³-hybridized carbons (Fsp3) is 0.462. The number of likely N-dealkylation sites (tertiary alicyclic amines) is 1. The lowest BCUT2D eigenvalue weighted by Crippen LogP contribution is -2.35. The molecule has 0 spiro atoms. The molecule has 1 aliphatic rings. The second-order valence-corrected chi connectivity index (χ2v) is 4.91. The van der Waals surface area contributed by atoms with Gasteiger partial charge in [0.1, 0.15) is 0 Å². The monoisotopic (exact) mass is 252 g/mol. The third-order valence-corrected chi connectivity index (χ3v) is 3.49. The Morgan fingerprint density at radius 2 is 2.29 bits per heavy atom. The maximum absolute atomic E-state index is 12.3. The Kier molecular flexibility index (Phi) is 3.57. The summed E-state index contributed by atoms with van der Waals surface area (Å²) in [4.78, 5) is 14.3. The normalized spacial score (nSPS) is 19.6. The summed E-state index contributed by atoms with van der Waals surface area (Å²) in [6.45, 7) is 2.95. The van der Waals surface area contributed by atoms with Crippen LogP contribution in [-0.2, 0) is 0 Å². The van der Waals surface area contributed by atoms with Crippen LogP contribution in [0.3, 0.4) is 0 Å². The van der Waals surface area contributed by atoms with Gasteiger partial charge in [-0.1, -0.05) is 18.5 Å². The van der Waals surface area contributed by atoms with Crippen LogP contribution in [0, 0.1) is 0 Å². The number of carbonyl (C=O) groups excluding carboxylic acids is 1. The van der Waals surface area contributed by atoms with E-state index < -0.39 is 0 Å². The van der Waals surface area contributed by atoms with Crippen molar-refractivity contribution in [2.75, 3.05) is 12.3 Å². The molecule has 0 radical (unpaired) electrons. The molecular formula is C13H17ClN2O. The molecule has 1 amide bonds. The van der Waals surface area contributed by atoms with Gasteiger partial charge in [-0.25, -0.2) is 0 Å². The Morgan fingerprint density at radius 3 is 2.94 bits per heavy atom. The van der Waals surface area contributed by atoms with Crippen molar-refractivity contribution in [2.45, 2.75) is 32.2 Å². The van der Waals surface area contributed by atoms with Gasteiger partial charge in [-0.15, -0.1) is 0 Å². The van der Waals surface area contributed by atoms with Crippen LogP contribution in [0.5, 0.6) is 0 Å². The number of hydrogen-bond acceptors (Lipinski definition) is 2. The number of benzene rings is 1. The van der Waals surface area contributed by atoms with Gasteiger partial charge >= 0.3 is 0 Å². The first-order chi connectivity index (χ1) is 8.11. The third-order valence-electron chi connectivity index (χ3n) is 3.28. The van der Waals surface area contributed by atoms with Crippen molar-refractivity contribution in [3.8, 4) is 0 Å². The topological polar surface area (TPSA) is 46.3 Å². The molecule has 0 aromatic heterocycles. The average molecular weight is 253 g/mol. The second-order valence-electron chi connectivity index (χ2n) is 4.48. The van der Waals surface area contributed by atoms with E-state index in [9.17, 15) is 4.79 Å². The maximum Gasteiger partial charge on any atom is 0.254 e. The fourth-order valence-corrected chi connectivity index (χ4v) is 2.67. The van der Waals surface area contributed by atoms with E-state index in [1.807, 2.05) is 4.90 Å². The quantitative estimate of drug-likeness (QED) is 0.823. The summed E-state index contributed by atoms with van der Waals surface area (Å²) in [7, 11) is 0. The number of carbonyl (C=O) groups is 1. The van der Waals surface area contributed by atoms with Gasteiger partial charge in [0.2, 0.25) is 0 Å². The summed E-state index contributed by atoms with van der Waals surface area (Å²) in [6, 6.07) is 5.40. The van der Waals surface area contributed by atoms with E-state index in [0.29, 0.717) is 22.3 Å². The molecule has 92 valence electrons. The van der Waals surface area contributed by atoms with E-state index >= 15 is 0 Å². The van der Waals surface area contributed by atoms with Gasteiger partial charge in [-0.2, -0.15) is 0 Å². The van der Waals surface area contributed by atoms with Crippen LogP contribution in [0.4, 0.5) is 5.69 Å². The molecule has 1 unspecified atom stereocenters. The standard InChI is InChI=1S/C13H17ClN2O/c1-2-12-4-3-5-16(12)13(17)9-6-10(14)8-11(15)7-9/h6-8,12H,2-5,15H2,1H3. The molecule has 0 saturated carbocycles. The van der Waals surface area contributed by atoms with Crippen molar-refractivity contribution in [1.29, 1.82) is 0 Å². The summed E-state index contributed by atoms with van der Waals surface area (Å²) in [5.41, 5.74) is 6.84. The highest BCUT2D eigenvalue weighted by Gasteiger charge is 2.28. The summed E-state index contributed by atoms with van der Waals surface area (Å²) in [5, 5.41) is 0.514. The second kappa shape index (κ2) is 4.96. The number of nitrogen functional groups attached to an aromatic ring is 1. The van der Waals surface area contributed by atoms with Crippen LogP contribution in [0.1, 0.15) is 36.5 Å². The number of nitrogens with zero attached hydrogens (tertiary/aromatic N) is 1. The van der Waals surface area contributed by atoms with Crippen molar-refractivity contribution >= 4 is 23.2 Å². The Balaban J connectivity index is 2.24. The van der Waals surface area contributed by atoms with E-state index in [4.69, 9.17) is 17.3 Å². The minimum absolute atomic E-state index is 0.0450. The van der Waals surface area contributed by atoms with E-state index in [1.165, 1.54) is 0 Å². The lowest BCUT2D eigenvalue weighted by molar-refractivity contribution is 0.0734. The predicted octanol–water partition coefficient (Wildman–Crippen LogP) is 2.94. The summed E-state index contributed by atoms with van der Waals surface area (Å²) in [6.07, 6.45) is 3.18. The van der Waals surface area contributed by atoms with Crippen molar-refractivity contribution < 1.29 is 4.79 Å². The predicted molar refractivity (Wildman–Crippen MR) is 70.2 cm³/mol. The molecule has 0 bridgehead atoms. The number of rotatable bonds is 2. The molecule has 17 heavy (non-hydrogen) atoms. The van der Waals surface area contributed by atoms with Gasteiger partial charge in [-0.3, -0.25) is 4.79 Å². The molecule has 1 heterocycles. The third kappa shape index (κ3) is 2.55. The summed E-state index contributed by atoms with van der Waals surface area (Å²) < 4.78 is 0. The van der Waals surface area contributed by atoms with Gasteiger partial charge in [0.15, 0.2) is 0 Å². The molecule has 4 heteroatoms. The van der Waals surface area contributed by atoms with Gasteiger partial charge in [0.05, 0.1) is 0 Å². The molecule has 1 aromatic rings. The first-order valence-electron chi connectivity index (χ1n) is 5.99. The lowest BCUT2D eigenvalue weighted by Gasteiger charge is -2.23. The van der Waals surface area contributed by atoms with Crippen LogP contribution < -0.4 is 5.73 Å². The summed E-state index contributed by atoms with van der Waals surface area (Å²) in [5.74, 6) is 0.0450. The Labute approximate surface area is 107 Å². The molecule has 1 fully saturated rings. The van der Waals surface area contributed by atoms with Crippen molar-refractivity contribution in [3.63, 3.8) is 0 Å². The Hall–Kier alpha value is -1.22. The minimum Gasteiger partial charge on any atom is -0.399 e. The SMILES string of the molecule is CCC1CCCN1C(=O)c1cc(N)cc(Cl)c1. The zero-order valence-electron chi connectivity index (χ0n) is 9.95. The number of halogens is 1. The first kappa shape index (κ1) is 12.2. The average Bonchev–Trinajstić information content (AvgIpc) is 2.74. The van der Waals surface area contributed by atoms with E-state index in [-0.39, 0.29) is 5.91 Å². The van der Waals surface area contributed by atoms with Gasteiger partial charge in [-0.05, 0) is 37.5 Å². The van der Waals surface area contributed by atoms with E-state index in [2.05, 4.69) is 6.92 Å². The molecule has 3 nitrogen and oxygen atoms in total. The highest BCUT2D eigenvalue weighted by Crippen LogP contribution is 2.24. The van der Waals surface area contributed by atoms with Crippen molar-refractivity contribution in [2.24, 2.45) is 0 Å². The fourth-order valence-electron chi connectivity index (χ4n) is 2.43. The molecule has 1 aromatic carbocycles. The van der Waals surface area contributed by atoms with Crippen LogP contribution in [-0.4, -0.2) is 23.4 Å².